The Hall–Kier alpha value is -0.910. The third-order valence-corrected chi connectivity index (χ3v) is 4.14. The monoisotopic (exact) mass is 354 g/mol. The molecule has 1 saturated heterocycles. The Balaban J connectivity index is 1.85. The molecular formula is C16H23BrN2O2. The number of ether oxygens (including phenoxy) is 1. The highest BCUT2D eigenvalue weighted by Gasteiger charge is 2.24. The average molecular weight is 355 g/mol. The summed E-state index contributed by atoms with van der Waals surface area (Å²) in [7, 11) is 0. The number of carbonyl (C=O) groups excluding carboxylic acids is 1. The van der Waals surface area contributed by atoms with Crippen molar-refractivity contribution in [1.82, 2.24) is 10.2 Å². The summed E-state index contributed by atoms with van der Waals surface area (Å²) < 4.78 is 6.72. The molecular weight excluding hydrogens is 332 g/mol. The van der Waals surface area contributed by atoms with Gasteiger partial charge in [0.25, 0.3) is 0 Å². The zero-order chi connectivity index (χ0) is 15.4. The number of nitrogens with one attached hydrogen (secondary N) is 1. The van der Waals surface area contributed by atoms with E-state index < -0.39 is 0 Å². The molecule has 1 aliphatic rings. The fraction of sp³-hybridized carbons (Fsp3) is 0.562. The third kappa shape index (κ3) is 5.09. The SMILES string of the molecule is C[C@H](NC(=O)CN1C[C@H](C)O[C@@H](C)C1)c1ccc(Br)cc1. The molecule has 0 radical (unpaired) electrons. The molecule has 0 aliphatic carbocycles. The number of carbonyl (C=O) groups is 1. The maximum absolute atomic E-state index is 12.2. The summed E-state index contributed by atoms with van der Waals surface area (Å²) >= 11 is 3.42. The van der Waals surface area contributed by atoms with E-state index in [4.69, 9.17) is 4.74 Å². The lowest BCUT2D eigenvalue weighted by molar-refractivity contribution is -0.126. The van der Waals surface area contributed by atoms with Crippen LogP contribution in [0.5, 0.6) is 0 Å². The van der Waals surface area contributed by atoms with E-state index in [0.717, 1.165) is 23.1 Å². The van der Waals surface area contributed by atoms with Gasteiger partial charge in [-0.05, 0) is 38.5 Å². The van der Waals surface area contributed by atoms with Gasteiger partial charge in [-0.15, -0.1) is 0 Å². The van der Waals surface area contributed by atoms with Crippen molar-refractivity contribution >= 4 is 21.8 Å². The Labute approximate surface area is 135 Å². The number of benzene rings is 1. The van der Waals surface area contributed by atoms with E-state index in [1.165, 1.54) is 0 Å². The highest BCUT2D eigenvalue weighted by molar-refractivity contribution is 9.10. The van der Waals surface area contributed by atoms with Gasteiger partial charge in [-0.3, -0.25) is 9.69 Å². The molecule has 0 bridgehead atoms. The molecule has 21 heavy (non-hydrogen) atoms. The van der Waals surface area contributed by atoms with Crippen LogP contribution in [0.1, 0.15) is 32.4 Å². The van der Waals surface area contributed by atoms with Crippen molar-refractivity contribution < 1.29 is 9.53 Å². The van der Waals surface area contributed by atoms with Gasteiger partial charge in [0.2, 0.25) is 5.91 Å². The molecule has 0 saturated carbocycles. The summed E-state index contributed by atoms with van der Waals surface area (Å²) in [5.74, 6) is 0.0618. The van der Waals surface area contributed by atoms with Gasteiger partial charge in [0, 0.05) is 17.6 Å². The molecule has 1 N–H and O–H groups in total. The lowest BCUT2D eigenvalue weighted by atomic mass is 10.1. The van der Waals surface area contributed by atoms with Crippen LogP contribution in [-0.2, 0) is 9.53 Å². The lowest BCUT2D eigenvalue weighted by Gasteiger charge is -2.35. The molecule has 1 aromatic rings. The van der Waals surface area contributed by atoms with Crippen LogP contribution < -0.4 is 5.32 Å². The number of morpholine rings is 1. The molecule has 4 nitrogen and oxygen atoms in total. The Bertz CT molecular complexity index is 468. The molecule has 1 amide bonds. The highest BCUT2D eigenvalue weighted by Crippen LogP contribution is 2.16. The molecule has 1 fully saturated rings. The molecule has 116 valence electrons. The van der Waals surface area contributed by atoms with Crippen LogP contribution in [0.3, 0.4) is 0 Å². The zero-order valence-corrected chi connectivity index (χ0v) is 14.4. The molecule has 0 spiro atoms. The Morgan fingerprint density at radius 3 is 2.48 bits per heavy atom. The van der Waals surface area contributed by atoms with Crippen LogP contribution in [0.25, 0.3) is 0 Å². The summed E-state index contributed by atoms with van der Waals surface area (Å²) in [4.78, 5) is 14.3. The average Bonchev–Trinajstić information content (AvgIpc) is 2.37. The van der Waals surface area contributed by atoms with Gasteiger partial charge in [0.15, 0.2) is 0 Å². The topological polar surface area (TPSA) is 41.6 Å². The maximum atomic E-state index is 12.2. The minimum Gasteiger partial charge on any atom is -0.373 e. The summed E-state index contributed by atoms with van der Waals surface area (Å²) in [6.07, 6.45) is 0.371. The predicted molar refractivity (Wildman–Crippen MR) is 87.1 cm³/mol. The van der Waals surface area contributed by atoms with Gasteiger partial charge >= 0.3 is 0 Å². The number of hydrogen-bond acceptors (Lipinski definition) is 3. The normalized spacial score (nSPS) is 24.6. The molecule has 0 unspecified atom stereocenters. The largest absolute Gasteiger partial charge is 0.373 e. The predicted octanol–water partition coefficient (Wildman–Crippen LogP) is 2.74. The van der Waals surface area contributed by atoms with E-state index in [9.17, 15) is 4.79 Å². The summed E-state index contributed by atoms with van der Waals surface area (Å²) in [6, 6.07) is 8.04. The summed E-state index contributed by atoms with van der Waals surface area (Å²) in [6.45, 7) is 8.15. The Morgan fingerprint density at radius 2 is 1.90 bits per heavy atom. The number of nitrogens with zero attached hydrogens (tertiary/aromatic N) is 1. The molecule has 1 aliphatic heterocycles. The van der Waals surface area contributed by atoms with Crippen molar-refractivity contribution in [2.45, 2.75) is 39.0 Å². The van der Waals surface area contributed by atoms with Crippen molar-refractivity contribution in [3.63, 3.8) is 0 Å². The van der Waals surface area contributed by atoms with Crippen molar-refractivity contribution in [3.05, 3.63) is 34.3 Å². The highest BCUT2D eigenvalue weighted by atomic mass is 79.9. The second-order valence-electron chi connectivity index (χ2n) is 5.79. The standard InChI is InChI=1S/C16H23BrN2O2/c1-11-8-19(9-12(2)21-11)10-16(20)18-13(3)14-4-6-15(17)7-5-14/h4-7,11-13H,8-10H2,1-3H3,(H,18,20)/t11-,12-,13-/m0/s1. The Morgan fingerprint density at radius 1 is 1.33 bits per heavy atom. The Kier molecular flexibility index (Phi) is 5.79. The molecule has 5 heteroatoms. The van der Waals surface area contributed by atoms with Crippen LogP contribution in [0, 0.1) is 0 Å². The van der Waals surface area contributed by atoms with Gasteiger partial charge < -0.3 is 10.1 Å². The zero-order valence-electron chi connectivity index (χ0n) is 12.8. The molecule has 1 aromatic carbocycles. The second kappa shape index (κ2) is 7.38. The van der Waals surface area contributed by atoms with Gasteiger partial charge in [0.1, 0.15) is 0 Å². The van der Waals surface area contributed by atoms with E-state index in [0.29, 0.717) is 6.54 Å². The maximum Gasteiger partial charge on any atom is 0.234 e. The van der Waals surface area contributed by atoms with E-state index in [1.807, 2.05) is 45.0 Å². The van der Waals surface area contributed by atoms with E-state index in [1.54, 1.807) is 0 Å². The fourth-order valence-corrected chi connectivity index (χ4v) is 3.00. The number of amides is 1. The van der Waals surface area contributed by atoms with Gasteiger partial charge in [-0.1, -0.05) is 28.1 Å². The van der Waals surface area contributed by atoms with Crippen LogP contribution >= 0.6 is 15.9 Å². The molecule has 1 heterocycles. The van der Waals surface area contributed by atoms with Crippen LogP contribution in [0.4, 0.5) is 0 Å². The number of hydrogen-bond donors (Lipinski definition) is 1. The van der Waals surface area contributed by atoms with Crippen LogP contribution in [0.2, 0.25) is 0 Å². The first-order chi connectivity index (χ1) is 9.94. The number of rotatable bonds is 4. The first kappa shape index (κ1) is 16.5. The van der Waals surface area contributed by atoms with Crippen molar-refractivity contribution in [2.24, 2.45) is 0 Å². The van der Waals surface area contributed by atoms with Gasteiger partial charge in [-0.2, -0.15) is 0 Å². The first-order valence-corrected chi connectivity index (χ1v) is 8.16. The van der Waals surface area contributed by atoms with Crippen molar-refractivity contribution in [1.29, 1.82) is 0 Å². The summed E-state index contributed by atoms with van der Waals surface area (Å²) in [5.41, 5.74) is 1.11. The van der Waals surface area contributed by atoms with E-state index in [-0.39, 0.29) is 24.2 Å². The van der Waals surface area contributed by atoms with Gasteiger partial charge in [0.05, 0.1) is 24.8 Å². The van der Waals surface area contributed by atoms with E-state index >= 15 is 0 Å². The molecule has 0 aromatic heterocycles. The second-order valence-corrected chi connectivity index (χ2v) is 6.71. The first-order valence-electron chi connectivity index (χ1n) is 7.36. The number of halogens is 1. The minimum atomic E-state index is 0.0153. The molecule has 2 rings (SSSR count). The van der Waals surface area contributed by atoms with E-state index in [2.05, 4.69) is 26.1 Å². The minimum absolute atomic E-state index is 0.0153. The van der Waals surface area contributed by atoms with Crippen LogP contribution in [-0.4, -0.2) is 42.6 Å². The van der Waals surface area contributed by atoms with Gasteiger partial charge in [-0.25, -0.2) is 0 Å². The quantitative estimate of drug-likeness (QED) is 0.903. The van der Waals surface area contributed by atoms with Crippen LogP contribution in [0.15, 0.2) is 28.7 Å². The fourth-order valence-electron chi connectivity index (χ4n) is 2.74. The third-order valence-electron chi connectivity index (χ3n) is 3.61. The molecule has 3 atom stereocenters. The smallest absolute Gasteiger partial charge is 0.234 e. The van der Waals surface area contributed by atoms with Crippen molar-refractivity contribution in [3.8, 4) is 0 Å². The summed E-state index contributed by atoms with van der Waals surface area (Å²) in [5, 5.41) is 3.06. The lowest BCUT2D eigenvalue weighted by Crippen LogP contribution is -2.49. The van der Waals surface area contributed by atoms with Crippen molar-refractivity contribution in [2.75, 3.05) is 19.6 Å².